The van der Waals surface area contributed by atoms with E-state index < -0.39 is 0 Å². The maximum Gasteiger partial charge on any atom is 0.0207 e. The Bertz CT molecular complexity index is 427. The van der Waals surface area contributed by atoms with Crippen LogP contribution in [-0.4, -0.2) is 12.6 Å². The largest absolute Gasteiger partial charge is 0.313 e. The topological polar surface area (TPSA) is 12.0 Å². The van der Waals surface area contributed by atoms with Crippen molar-refractivity contribution in [2.75, 3.05) is 6.54 Å². The second-order valence-corrected chi connectivity index (χ2v) is 7.70. The van der Waals surface area contributed by atoms with Crippen molar-refractivity contribution in [1.29, 1.82) is 0 Å². The molecule has 0 bridgehead atoms. The van der Waals surface area contributed by atoms with Gasteiger partial charge in [-0.2, -0.15) is 0 Å². The molecule has 20 heavy (non-hydrogen) atoms. The Hall–Kier alpha value is -0.340. The molecule has 0 radical (unpaired) electrons. The number of nitrogens with one attached hydrogen (secondary N) is 1. The lowest BCUT2D eigenvalue weighted by Gasteiger charge is -2.35. The zero-order chi connectivity index (χ0) is 14.6. The van der Waals surface area contributed by atoms with Crippen LogP contribution < -0.4 is 5.32 Å². The van der Waals surface area contributed by atoms with Crippen molar-refractivity contribution in [2.45, 2.75) is 58.9 Å². The highest BCUT2D eigenvalue weighted by Crippen LogP contribution is 2.45. The Morgan fingerprint density at radius 2 is 2.10 bits per heavy atom. The van der Waals surface area contributed by atoms with Gasteiger partial charge in [-0.05, 0) is 55.2 Å². The highest BCUT2D eigenvalue weighted by Gasteiger charge is 2.39. The molecule has 1 nitrogen and oxygen atoms in total. The Balaban J connectivity index is 2.13. The molecule has 2 heteroatoms. The number of hydrogen-bond donors (Lipinski definition) is 1. The first-order valence-corrected chi connectivity index (χ1v) is 8.80. The van der Waals surface area contributed by atoms with Crippen molar-refractivity contribution >= 4 is 15.9 Å². The van der Waals surface area contributed by atoms with Gasteiger partial charge < -0.3 is 5.32 Å². The van der Waals surface area contributed by atoms with E-state index in [2.05, 4.69) is 66.3 Å². The summed E-state index contributed by atoms with van der Waals surface area (Å²) in [6.07, 6.45) is 6.48. The van der Waals surface area contributed by atoms with E-state index in [1.54, 1.807) is 0 Å². The van der Waals surface area contributed by atoms with Crippen LogP contribution in [-0.2, 0) is 6.42 Å². The van der Waals surface area contributed by atoms with Crippen LogP contribution in [0.15, 0.2) is 28.7 Å². The minimum absolute atomic E-state index is 0.479. The van der Waals surface area contributed by atoms with Gasteiger partial charge >= 0.3 is 0 Å². The summed E-state index contributed by atoms with van der Waals surface area (Å²) in [7, 11) is 0. The molecule has 0 amide bonds. The molecule has 0 saturated heterocycles. The van der Waals surface area contributed by atoms with Crippen LogP contribution in [0.5, 0.6) is 0 Å². The summed E-state index contributed by atoms with van der Waals surface area (Å²) >= 11 is 3.70. The van der Waals surface area contributed by atoms with E-state index in [9.17, 15) is 0 Å². The van der Waals surface area contributed by atoms with Gasteiger partial charge in [0.05, 0.1) is 0 Å². The number of rotatable bonds is 6. The van der Waals surface area contributed by atoms with Gasteiger partial charge in [0.1, 0.15) is 0 Å². The predicted molar refractivity (Wildman–Crippen MR) is 91.0 cm³/mol. The van der Waals surface area contributed by atoms with Crippen molar-refractivity contribution in [2.24, 2.45) is 11.3 Å². The summed E-state index contributed by atoms with van der Waals surface area (Å²) in [4.78, 5) is 0. The Morgan fingerprint density at radius 3 is 2.70 bits per heavy atom. The summed E-state index contributed by atoms with van der Waals surface area (Å²) in [5, 5.41) is 3.82. The van der Waals surface area contributed by atoms with Gasteiger partial charge in [0.15, 0.2) is 0 Å². The van der Waals surface area contributed by atoms with Crippen LogP contribution in [0.3, 0.4) is 0 Å². The standard InChI is InChI=1S/C18H28BrN/c1-4-12-20-17(15-9-7-11-18(15,2)3)13-14-8-5-6-10-16(14)19/h5-6,8,10,15,17,20H,4,7,9,11-13H2,1-3H3. The lowest BCUT2D eigenvalue weighted by molar-refractivity contribution is 0.195. The van der Waals surface area contributed by atoms with Crippen LogP contribution in [0.4, 0.5) is 0 Å². The summed E-state index contributed by atoms with van der Waals surface area (Å²) in [6, 6.07) is 9.27. The molecule has 0 aliphatic heterocycles. The fraction of sp³-hybridized carbons (Fsp3) is 0.667. The number of hydrogen-bond acceptors (Lipinski definition) is 1. The van der Waals surface area contributed by atoms with Crippen LogP contribution >= 0.6 is 15.9 Å². The van der Waals surface area contributed by atoms with E-state index in [1.165, 1.54) is 35.7 Å². The van der Waals surface area contributed by atoms with Crippen molar-refractivity contribution in [3.8, 4) is 0 Å². The van der Waals surface area contributed by atoms with Crippen molar-refractivity contribution in [3.63, 3.8) is 0 Å². The van der Waals surface area contributed by atoms with Crippen molar-refractivity contribution in [1.82, 2.24) is 5.32 Å². The molecule has 1 aliphatic carbocycles. The minimum atomic E-state index is 0.479. The predicted octanol–water partition coefficient (Wildman–Crippen LogP) is 5.19. The molecule has 1 aliphatic rings. The van der Waals surface area contributed by atoms with Gasteiger partial charge in [0.25, 0.3) is 0 Å². The highest BCUT2D eigenvalue weighted by molar-refractivity contribution is 9.10. The molecular weight excluding hydrogens is 310 g/mol. The molecule has 0 heterocycles. The molecule has 1 N–H and O–H groups in total. The van der Waals surface area contributed by atoms with Crippen LogP contribution in [0.25, 0.3) is 0 Å². The van der Waals surface area contributed by atoms with E-state index in [0.717, 1.165) is 18.9 Å². The fourth-order valence-corrected chi connectivity index (χ4v) is 4.13. The van der Waals surface area contributed by atoms with Gasteiger partial charge in [-0.15, -0.1) is 0 Å². The van der Waals surface area contributed by atoms with Crippen molar-refractivity contribution in [3.05, 3.63) is 34.3 Å². The van der Waals surface area contributed by atoms with Gasteiger partial charge in [0, 0.05) is 10.5 Å². The molecule has 1 aromatic rings. The van der Waals surface area contributed by atoms with Crippen molar-refractivity contribution < 1.29 is 0 Å². The molecule has 1 aromatic carbocycles. The Labute approximate surface area is 132 Å². The van der Waals surface area contributed by atoms with E-state index in [1.807, 2.05) is 0 Å². The fourth-order valence-electron chi connectivity index (χ4n) is 3.69. The summed E-state index contributed by atoms with van der Waals surface area (Å²) in [5.41, 5.74) is 1.91. The SMILES string of the molecule is CCCNC(Cc1ccccc1Br)C1CCCC1(C)C. The number of benzene rings is 1. The maximum atomic E-state index is 3.82. The van der Waals surface area contributed by atoms with Gasteiger partial charge in [0.2, 0.25) is 0 Å². The van der Waals surface area contributed by atoms with E-state index in [-0.39, 0.29) is 0 Å². The molecule has 112 valence electrons. The molecule has 0 aromatic heterocycles. The molecule has 0 spiro atoms. The Morgan fingerprint density at radius 1 is 1.35 bits per heavy atom. The zero-order valence-electron chi connectivity index (χ0n) is 13.1. The molecular formula is C18H28BrN. The molecule has 1 fully saturated rings. The first-order chi connectivity index (χ1) is 9.54. The van der Waals surface area contributed by atoms with E-state index >= 15 is 0 Å². The molecule has 2 rings (SSSR count). The number of halogens is 1. The third kappa shape index (κ3) is 3.85. The Kier molecular flexibility index (Phi) is 5.68. The normalized spacial score (nSPS) is 22.9. The van der Waals surface area contributed by atoms with Gasteiger partial charge in [-0.1, -0.05) is 61.3 Å². The zero-order valence-corrected chi connectivity index (χ0v) is 14.7. The lowest BCUT2D eigenvalue weighted by atomic mass is 9.76. The summed E-state index contributed by atoms with van der Waals surface area (Å²) in [5.74, 6) is 0.793. The van der Waals surface area contributed by atoms with E-state index in [0.29, 0.717) is 11.5 Å². The van der Waals surface area contributed by atoms with E-state index in [4.69, 9.17) is 0 Å². The molecule has 2 unspecified atom stereocenters. The molecule has 1 saturated carbocycles. The van der Waals surface area contributed by atoms with Crippen LogP contribution in [0, 0.1) is 11.3 Å². The average Bonchev–Trinajstić information content (AvgIpc) is 2.76. The van der Waals surface area contributed by atoms with Gasteiger partial charge in [-0.25, -0.2) is 0 Å². The maximum absolute atomic E-state index is 3.82. The lowest BCUT2D eigenvalue weighted by Crippen LogP contribution is -2.42. The third-order valence-corrected chi connectivity index (χ3v) is 5.65. The molecule has 2 atom stereocenters. The average molecular weight is 338 g/mol. The van der Waals surface area contributed by atoms with Gasteiger partial charge in [-0.3, -0.25) is 0 Å². The second kappa shape index (κ2) is 7.09. The van der Waals surface area contributed by atoms with Crippen LogP contribution in [0.1, 0.15) is 52.0 Å². The third-order valence-electron chi connectivity index (χ3n) is 4.88. The van der Waals surface area contributed by atoms with Crippen LogP contribution in [0.2, 0.25) is 0 Å². The monoisotopic (exact) mass is 337 g/mol. The highest BCUT2D eigenvalue weighted by atomic mass is 79.9. The first kappa shape index (κ1) is 16.0. The quantitative estimate of drug-likeness (QED) is 0.753. The second-order valence-electron chi connectivity index (χ2n) is 6.84. The first-order valence-electron chi connectivity index (χ1n) is 8.01. The smallest absolute Gasteiger partial charge is 0.0207 e. The summed E-state index contributed by atoms with van der Waals surface area (Å²) < 4.78 is 1.25. The summed E-state index contributed by atoms with van der Waals surface area (Å²) in [6.45, 7) is 8.28. The minimum Gasteiger partial charge on any atom is -0.313 e.